The van der Waals surface area contributed by atoms with E-state index in [0.717, 1.165) is 47.7 Å². The molecule has 2 aromatic heterocycles. The molecule has 0 saturated carbocycles. The summed E-state index contributed by atoms with van der Waals surface area (Å²) in [5, 5.41) is 3.08. The minimum Gasteiger partial charge on any atom is -0.497 e. The summed E-state index contributed by atoms with van der Waals surface area (Å²) >= 11 is 0. The molecule has 0 bridgehead atoms. The maximum atomic E-state index is 13.0. The molecule has 0 aliphatic carbocycles. The van der Waals surface area contributed by atoms with Crippen LogP contribution in [0.1, 0.15) is 64.5 Å². The summed E-state index contributed by atoms with van der Waals surface area (Å²) in [6.45, 7) is 6.51. The number of ether oxygens (including phenoxy) is 1. The minimum absolute atomic E-state index is 0.104. The van der Waals surface area contributed by atoms with Crippen LogP contribution in [0.4, 0.5) is 5.69 Å². The zero-order valence-corrected chi connectivity index (χ0v) is 22.0. The van der Waals surface area contributed by atoms with E-state index in [2.05, 4.69) is 63.7 Å². The number of methoxy groups -OCH3 is 1. The topological polar surface area (TPSA) is 58.9 Å². The summed E-state index contributed by atoms with van der Waals surface area (Å²) in [7, 11) is 1.71. The molecule has 192 valence electrons. The van der Waals surface area contributed by atoms with Gasteiger partial charge in [0.25, 0.3) is 5.91 Å². The third kappa shape index (κ3) is 5.63. The zero-order chi connectivity index (χ0) is 25.8. The number of amides is 1. The van der Waals surface area contributed by atoms with Crippen molar-refractivity contribution in [3.8, 4) is 5.75 Å². The first-order chi connectivity index (χ1) is 18.0. The number of benzene rings is 2. The van der Waals surface area contributed by atoms with Crippen molar-refractivity contribution in [1.29, 1.82) is 0 Å². The van der Waals surface area contributed by atoms with Crippen LogP contribution in [-0.2, 0) is 6.54 Å². The molecule has 1 atom stereocenters. The molecule has 0 radical (unpaired) electrons. The quantitative estimate of drug-likeness (QED) is 0.353. The summed E-state index contributed by atoms with van der Waals surface area (Å²) in [5.41, 5.74) is 6.96. The summed E-state index contributed by atoms with van der Waals surface area (Å²) in [6, 6.07) is 21.2. The fourth-order valence-corrected chi connectivity index (χ4v) is 5.36. The van der Waals surface area contributed by atoms with Crippen LogP contribution in [0.15, 0.2) is 66.9 Å². The number of hydrogen-bond acceptors (Lipinski definition) is 4. The smallest absolute Gasteiger partial charge is 0.270 e. The van der Waals surface area contributed by atoms with Gasteiger partial charge >= 0.3 is 0 Å². The number of fused-ring (bicyclic) bond motifs is 1. The van der Waals surface area contributed by atoms with Crippen LogP contribution in [0.5, 0.6) is 5.75 Å². The van der Waals surface area contributed by atoms with Crippen molar-refractivity contribution in [1.82, 2.24) is 14.7 Å². The predicted molar refractivity (Wildman–Crippen MR) is 149 cm³/mol. The standard InChI is InChI=1S/C31H36N4O2/c1-22-7-16-29-33-23(2)30(35(29)21-22)31(36)32-20-24-8-12-27(13-9-24)34-18-5-4-6-25(17-19-34)26-10-14-28(37-3)15-11-26/h7-16,21,25H,4-6,17-20H2,1-3H3,(H,32,36). The molecular weight excluding hydrogens is 460 g/mol. The lowest BCUT2D eigenvalue weighted by atomic mass is 9.89. The lowest BCUT2D eigenvalue weighted by Gasteiger charge is -2.30. The van der Waals surface area contributed by atoms with Gasteiger partial charge in [0.05, 0.1) is 12.8 Å². The van der Waals surface area contributed by atoms with Crippen LogP contribution in [-0.4, -0.2) is 35.5 Å². The number of aryl methyl sites for hydroxylation is 2. The fourth-order valence-electron chi connectivity index (χ4n) is 5.36. The average Bonchev–Trinajstić information content (AvgIpc) is 3.23. The molecule has 3 heterocycles. The Labute approximate surface area is 219 Å². The highest BCUT2D eigenvalue weighted by atomic mass is 16.5. The van der Waals surface area contributed by atoms with E-state index in [1.165, 1.54) is 30.5 Å². The van der Waals surface area contributed by atoms with Gasteiger partial charge in [-0.05, 0) is 86.1 Å². The minimum atomic E-state index is -0.104. The van der Waals surface area contributed by atoms with Crippen molar-refractivity contribution in [2.75, 3.05) is 25.1 Å². The number of imidazole rings is 1. The molecule has 1 amide bonds. The van der Waals surface area contributed by atoms with Crippen LogP contribution < -0.4 is 15.0 Å². The molecule has 37 heavy (non-hydrogen) atoms. The first-order valence-electron chi connectivity index (χ1n) is 13.2. The van der Waals surface area contributed by atoms with Crippen molar-refractivity contribution in [2.45, 2.75) is 52.0 Å². The second-order valence-corrected chi connectivity index (χ2v) is 10.1. The molecule has 1 aliphatic heterocycles. The second kappa shape index (κ2) is 11.1. The van der Waals surface area contributed by atoms with Crippen molar-refractivity contribution in [2.24, 2.45) is 0 Å². The highest BCUT2D eigenvalue weighted by Gasteiger charge is 2.19. The third-order valence-electron chi connectivity index (χ3n) is 7.48. The summed E-state index contributed by atoms with van der Waals surface area (Å²) < 4.78 is 7.21. The molecule has 1 N–H and O–H groups in total. The van der Waals surface area contributed by atoms with Crippen LogP contribution in [0.25, 0.3) is 5.65 Å². The number of rotatable bonds is 6. The van der Waals surface area contributed by atoms with Crippen LogP contribution in [0.2, 0.25) is 0 Å². The average molecular weight is 497 g/mol. The maximum absolute atomic E-state index is 13.0. The Bertz CT molecular complexity index is 1360. The van der Waals surface area contributed by atoms with E-state index in [0.29, 0.717) is 18.2 Å². The monoisotopic (exact) mass is 496 g/mol. The number of carbonyl (C=O) groups excluding carboxylic acids is 1. The lowest BCUT2D eigenvalue weighted by molar-refractivity contribution is 0.0944. The van der Waals surface area contributed by atoms with E-state index in [1.54, 1.807) is 7.11 Å². The molecule has 1 unspecified atom stereocenters. The molecular formula is C31H36N4O2. The number of pyridine rings is 1. The van der Waals surface area contributed by atoms with E-state index in [-0.39, 0.29) is 5.91 Å². The molecule has 1 aliphatic rings. The Balaban J connectivity index is 1.21. The van der Waals surface area contributed by atoms with Gasteiger partial charge in [0.1, 0.15) is 17.1 Å². The Hall–Kier alpha value is -3.80. The molecule has 2 aromatic carbocycles. The van der Waals surface area contributed by atoms with E-state index < -0.39 is 0 Å². The molecule has 6 heteroatoms. The predicted octanol–water partition coefficient (Wildman–Crippen LogP) is 6.05. The SMILES string of the molecule is COc1ccc(C2CCCCN(c3ccc(CNC(=O)c4c(C)nc5ccc(C)cn45)cc3)CC2)cc1. The Kier molecular flexibility index (Phi) is 7.45. The number of nitrogens with one attached hydrogen (secondary N) is 1. The van der Waals surface area contributed by atoms with Gasteiger partial charge in [-0.3, -0.25) is 9.20 Å². The van der Waals surface area contributed by atoms with Gasteiger partial charge < -0.3 is 15.0 Å². The molecule has 0 spiro atoms. The van der Waals surface area contributed by atoms with Gasteiger partial charge in [0.2, 0.25) is 0 Å². The number of carbonyl (C=O) groups is 1. The normalized spacial score (nSPS) is 16.3. The Morgan fingerprint density at radius 1 is 0.973 bits per heavy atom. The molecule has 1 saturated heterocycles. The first-order valence-corrected chi connectivity index (χ1v) is 13.2. The number of aromatic nitrogens is 2. The van der Waals surface area contributed by atoms with Crippen LogP contribution in [0.3, 0.4) is 0 Å². The molecule has 6 nitrogen and oxygen atoms in total. The van der Waals surface area contributed by atoms with Crippen molar-refractivity contribution in [3.05, 3.63) is 94.9 Å². The maximum Gasteiger partial charge on any atom is 0.270 e. The van der Waals surface area contributed by atoms with E-state index in [1.807, 2.05) is 36.6 Å². The zero-order valence-electron chi connectivity index (χ0n) is 22.0. The number of nitrogens with zero attached hydrogens (tertiary/aromatic N) is 3. The highest BCUT2D eigenvalue weighted by molar-refractivity contribution is 5.94. The van der Waals surface area contributed by atoms with Crippen LogP contribution >= 0.6 is 0 Å². The van der Waals surface area contributed by atoms with Crippen molar-refractivity contribution >= 4 is 17.2 Å². The van der Waals surface area contributed by atoms with E-state index in [4.69, 9.17) is 4.74 Å². The number of hydrogen-bond donors (Lipinski definition) is 1. The van der Waals surface area contributed by atoms with Crippen molar-refractivity contribution in [3.63, 3.8) is 0 Å². The van der Waals surface area contributed by atoms with E-state index >= 15 is 0 Å². The number of anilines is 1. The molecule has 1 fully saturated rings. The molecule has 4 aromatic rings. The Morgan fingerprint density at radius 3 is 2.51 bits per heavy atom. The Morgan fingerprint density at radius 2 is 1.76 bits per heavy atom. The van der Waals surface area contributed by atoms with Crippen molar-refractivity contribution < 1.29 is 9.53 Å². The summed E-state index contributed by atoms with van der Waals surface area (Å²) in [5.74, 6) is 1.39. The highest BCUT2D eigenvalue weighted by Crippen LogP contribution is 2.30. The van der Waals surface area contributed by atoms with Gasteiger partial charge in [0, 0.05) is 31.5 Å². The summed E-state index contributed by atoms with van der Waals surface area (Å²) in [4.78, 5) is 20.0. The second-order valence-electron chi connectivity index (χ2n) is 10.1. The van der Waals surface area contributed by atoms with Gasteiger partial charge in [-0.15, -0.1) is 0 Å². The lowest BCUT2D eigenvalue weighted by Crippen LogP contribution is -2.29. The first kappa shape index (κ1) is 24.9. The molecule has 5 rings (SSSR count). The van der Waals surface area contributed by atoms with Gasteiger partial charge in [-0.2, -0.15) is 0 Å². The van der Waals surface area contributed by atoms with Gasteiger partial charge in [-0.1, -0.05) is 36.8 Å². The van der Waals surface area contributed by atoms with Crippen LogP contribution in [0, 0.1) is 13.8 Å². The summed E-state index contributed by atoms with van der Waals surface area (Å²) in [6.07, 6.45) is 6.77. The van der Waals surface area contributed by atoms with E-state index in [9.17, 15) is 4.79 Å². The fraction of sp³-hybridized carbons (Fsp3) is 0.355. The largest absolute Gasteiger partial charge is 0.497 e. The van der Waals surface area contributed by atoms with Gasteiger partial charge in [-0.25, -0.2) is 4.98 Å². The van der Waals surface area contributed by atoms with Gasteiger partial charge in [0.15, 0.2) is 0 Å². The third-order valence-corrected chi connectivity index (χ3v) is 7.48.